The Bertz CT molecular complexity index is 490. The molecule has 6 nitrogen and oxygen atoms in total. The standard InChI is InChI=1S/C10H14F3N5OS/c1-19-5-2-14-9(20)17-3-4-18-7(6-17)15-16-8(18)10(11,12)13/h2-6H2,1H3,(H,14,20). The van der Waals surface area contributed by atoms with E-state index in [4.69, 9.17) is 17.0 Å². The summed E-state index contributed by atoms with van der Waals surface area (Å²) in [4.78, 5) is 1.76. The van der Waals surface area contributed by atoms with E-state index in [9.17, 15) is 13.2 Å². The van der Waals surface area contributed by atoms with Crippen LogP contribution in [-0.2, 0) is 24.0 Å². The minimum Gasteiger partial charge on any atom is -0.383 e. The van der Waals surface area contributed by atoms with Crippen molar-refractivity contribution in [2.24, 2.45) is 0 Å². The maximum absolute atomic E-state index is 12.7. The Labute approximate surface area is 118 Å². The molecular weight excluding hydrogens is 295 g/mol. The molecule has 2 heterocycles. The second-order valence-electron chi connectivity index (χ2n) is 4.24. The summed E-state index contributed by atoms with van der Waals surface area (Å²) in [6.07, 6.45) is -4.48. The quantitative estimate of drug-likeness (QED) is 0.653. The van der Waals surface area contributed by atoms with E-state index in [-0.39, 0.29) is 18.9 Å². The third-order valence-electron chi connectivity index (χ3n) is 2.88. The maximum Gasteiger partial charge on any atom is 0.451 e. The van der Waals surface area contributed by atoms with Crippen LogP contribution < -0.4 is 5.32 Å². The van der Waals surface area contributed by atoms with Crippen molar-refractivity contribution in [2.75, 3.05) is 26.8 Å². The lowest BCUT2D eigenvalue weighted by Gasteiger charge is -2.30. The fourth-order valence-electron chi connectivity index (χ4n) is 1.91. The molecule has 1 N–H and O–H groups in total. The second kappa shape index (κ2) is 5.92. The molecule has 0 spiro atoms. The fraction of sp³-hybridized carbons (Fsp3) is 0.700. The highest BCUT2D eigenvalue weighted by Crippen LogP contribution is 2.29. The molecule has 0 fully saturated rings. The van der Waals surface area contributed by atoms with Crippen LogP contribution in [0.4, 0.5) is 13.2 Å². The number of fused-ring (bicyclic) bond motifs is 1. The lowest BCUT2D eigenvalue weighted by molar-refractivity contribution is -0.147. The van der Waals surface area contributed by atoms with Gasteiger partial charge < -0.3 is 19.5 Å². The van der Waals surface area contributed by atoms with Crippen LogP contribution in [0.25, 0.3) is 0 Å². The van der Waals surface area contributed by atoms with Crippen molar-refractivity contribution < 1.29 is 17.9 Å². The summed E-state index contributed by atoms with van der Waals surface area (Å²) in [5, 5.41) is 10.3. The van der Waals surface area contributed by atoms with Gasteiger partial charge in [0.1, 0.15) is 0 Å². The first kappa shape index (κ1) is 15.0. The number of ether oxygens (including phenoxy) is 1. The van der Waals surface area contributed by atoms with Gasteiger partial charge in [-0.25, -0.2) is 0 Å². The predicted octanol–water partition coefficient (Wildman–Crippen LogP) is 0.633. The normalized spacial score (nSPS) is 15.1. The highest BCUT2D eigenvalue weighted by atomic mass is 32.1. The molecule has 0 amide bonds. The van der Waals surface area contributed by atoms with Crippen LogP contribution in [0.1, 0.15) is 11.6 Å². The van der Waals surface area contributed by atoms with Gasteiger partial charge in [0.2, 0.25) is 5.82 Å². The molecule has 1 aliphatic rings. The van der Waals surface area contributed by atoms with Gasteiger partial charge in [0.15, 0.2) is 10.9 Å². The molecule has 1 aromatic heterocycles. The van der Waals surface area contributed by atoms with Gasteiger partial charge in [-0.3, -0.25) is 0 Å². The van der Waals surface area contributed by atoms with Crippen molar-refractivity contribution in [2.45, 2.75) is 19.3 Å². The van der Waals surface area contributed by atoms with Gasteiger partial charge in [0, 0.05) is 26.7 Å². The monoisotopic (exact) mass is 309 g/mol. The topological polar surface area (TPSA) is 55.2 Å². The Hall–Kier alpha value is -1.42. The van der Waals surface area contributed by atoms with Crippen molar-refractivity contribution in [1.29, 1.82) is 0 Å². The average Bonchev–Trinajstić information content (AvgIpc) is 2.81. The van der Waals surface area contributed by atoms with E-state index >= 15 is 0 Å². The Morgan fingerprint density at radius 3 is 2.80 bits per heavy atom. The van der Waals surface area contributed by atoms with Crippen molar-refractivity contribution in [1.82, 2.24) is 25.0 Å². The van der Waals surface area contributed by atoms with Gasteiger partial charge in [0.05, 0.1) is 13.2 Å². The Morgan fingerprint density at radius 2 is 2.15 bits per heavy atom. The van der Waals surface area contributed by atoms with Crippen LogP contribution in [0.2, 0.25) is 0 Å². The van der Waals surface area contributed by atoms with E-state index in [2.05, 4.69) is 15.5 Å². The average molecular weight is 309 g/mol. The van der Waals surface area contributed by atoms with E-state index in [1.807, 2.05) is 0 Å². The summed E-state index contributed by atoms with van der Waals surface area (Å²) in [5.74, 6) is -0.690. The van der Waals surface area contributed by atoms with Crippen LogP contribution in [-0.4, -0.2) is 51.6 Å². The molecule has 1 aliphatic heterocycles. The SMILES string of the molecule is COCCNC(=S)N1CCn2c(nnc2C(F)(F)F)C1. The lowest BCUT2D eigenvalue weighted by Crippen LogP contribution is -2.45. The summed E-state index contributed by atoms with van der Waals surface area (Å²) in [7, 11) is 1.58. The van der Waals surface area contributed by atoms with Crippen LogP contribution in [0.5, 0.6) is 0 Å². The number of aromatic nitrogens is 3. The van der Waals surface area contributed by atoms with Gasteiger partial charge in [-0.1, -0.05) is 0 Å². The van der Waals surface area contributed by atoms with E-state index in [0.717, 1.165) is 4.57 Å². The lowest BCUT2D eigenvalue weighted by atomic mass is 10.3. The Balaban J connectivity index is 2.02. The molecule has 0 saturated heterocycles. The number of rotatable bonds is 3. The zero-order valence-electron chi connectivity index (χ0n) is 10.8. The molecular formula is C10H14F3N5OS. The van der Waals surface area contributed by atoms with Crippen molar-refractivity contribution in [3.63, 3.8) is 0 Å². The zero-order valence-corrected chi connectivity index (χ0v) is 11.6. The molecule has 112 valence electrons. The van der Waals surface area contributed by atoms with Gasteiger partial charge in [-0.2, -0.15) is 13.2 Å². The first-order valence-corrected chi connectivity index (χ1v) is 6.35. The predicted molar refractivity (Wildman–Crippen MR) is 67.9 cm³/mol. The molecule has 0 atom stereocenters. The van der Waals surface area contributed by atoms with Crippen LogP contribution in [0, 0.1) is 0 Å². The number of halogens is 3. The molecule has 0 aliphatic carbocycles. The van der Waals surface area contributed by atoms with Crippen LogP contribution in [0.3, 0.4) is 0 Å². The van der Waals surface area contributed by atoms with Crippen LogP contribution in [0.15, 0.2) is 0 Å². The summed E-state index contributed by atoms with van der Waals surface area (Å²) >= 11 is 5.18. The number of thiocarbonyl (C=S) groups is 1. The highest BCUT2D eigenvalue weighted by Gasteiger charge is 2.39. The molecule has 20 heavy (non-hydrogen) atoms. The molecule has 0 aromatic carbocycles. The molecule has 2 rings (SSSR count). The first-order valence-electron chi connectivity index (χ1n) is 5.94. The minimum atomic E-state index is -4.48. The van der Waals surface area contributed by atoms with Gasteiger partial charge in [-0.05, 0) is 12.2 Å². The highest BCUT2D eigenvalue weighted by molar-refractivity contribution is 7.80. The van der Waals surface area contributed by atoms with E-state index < -0.39 is 12.0 Å². The second-order valence-corrected chi connectivity index (χ2v) is 4.62. The number of nitrogens with one attached hydrogen (secondary N) is 1. The molecule has 10 heteroatoms. The summed E-state index contributed by atoms with van der Waals surface area (Å²) < 4.78 is 44.0. The number of alkyl halides is 3. The minimum absolute atomic E-state index is 0.156. The van der Waals surface area contributed by atoms with Crippen LogP contribution >= 0.6 is 12.2 Å². The van der Waals surface area contributed by atoms with E-state index in [0.29, 0.717) is 24.8 Å². The van der Waals surface area contributed by atoms with E-state index in [1.54, 1.807) is 12.0 Å². The molecule has 0 saturated carbocycles. The summed E-state index contributed by atoms with van der Waals surface area (Å²) in [6, 6.07) is 0. The number of hydrogen-bond acceptors (Lipinski definition) is 4. The Morgan fingerprint density at radius 1 is 1.40 bits per heavy atom. The largest absolute Gasteiger partial charge is 0.451 e. The van der Waals surface area contributed by atoms with Gasteiger partial charge in [-0.15, -0.1) is 10.2 Å². The Kier molecular flexibility index (Phi) is 4.43. The molecule has 0 unspecified atom stereocenters. The molecule has 0 bridgehead atoms. The van der Waals surface area contributed by atoms with Crippen molar-refractivity contribution in [3.8, 4) is 0 Å². The number of methoxy groups -OCH3 is 1. The zero-order chi connectivity index (χ0) is 14.8. The first-order chi connectivity index (χ1) is 9.43. The van der Waals surface area contributed by atoms with E-state index in [1.165, 1.54) is 0 Å². The molecule has 0 radical (unpaired) electrons. The van der Waals surface area contributed by atoms with Gasteiger partial charge in [0.25, 0.3) is 0 Å². The summed E-state index contributed by atoms with van der Waals surface area (Å²) in [6.45, 7) is 1.80. The smallest absolute Gasteiger partial charge is 0.383 e. The third kappa shape index (κ3) is 3.18. The van der Waals surface area contributed by atoms with Crippen molar-refractivity contribution in [3.05, 3.63) is 11.6 Å². The van der Waals surface area contributed by atoms with Crippen molar-refractivity contribution >= 4 is 17.3 Å². The summed E-state index contributed by atoms with van der Waals surface area (Å²) in [5.41, 5.74) is 0. The van der Waals surface area contributed by atoms with Gasteiger partial charge >= 0.3 is 6.18 Å². The third-order valence-corrected chi connectivity index (χ3v) is 3.28. The number of hydrogen-bond donors (Lipinski definition) is 1. The number of nitrogens with zero attached hydrogens (tertiary/aromatic N) is 4. The fourth-order valence-corrected chi connectivity index (χ4v) is 2.17. The maximum atomic E-state index is 12.7. The molecule has 1 aromatic rings.